The summed E-state index contributed by atoms with van der Waals surface area (Å²) in [6.07, 6.45) is 0. The fourth-order valence-corrected chi connectivity index (χ4v) is 2.36. The molecule has 0 saturated carbocycles. The minimum absolute atomic E-state index is 0.173. The molecule has 7 heteroatoms. The van der Waals surface area contributed by atoms with Crippen molar-refractivity contribution in [2.45, 2.75) is 20.8 Å². The van der Waals surface area contributed by atoms with Gasteiger partial charge in [-0.3, -0.25) is 14.4 Å². The van der Waals surface area contributed by atoms with Crippen molar-refractivity contribution in [3.05, 3.63) is 48.5 Å². The van der Waals surface area contributed by atoms with E-state index in [4.69, 9.17) is 0 Å². The summed E-state index contributed by atoms with van der Waals surface area (Å²) in [6.45, 7) is 4.56. The average molecular weight is 382 g/mol. The van der Waals surface area contributed by atoms with Crippen molar-refractivity contribution in [1.29, 1.82) is 0 Å². The lowest BCUT2D eigenvalue weighted by atomic mass is 9.90. The van der Waals surface area contributed by atoms with Gasteiger partial charge in [0.15, 0.2) is 0 Å². The van der Waals surface area contributed by atoms with E-state index in [0.717, 1.165) is 5.69 Å². The van der Waals surface area contributed by atoms with Gasteiger partial charge in [0, 0.05) is 43.8 Å². The molecule has 7 nitrogen and oxygen atoms in total. The highest BCUT2D eigenvalue weighted by atomic mass is 16.2. The number of carbonyl (C=O) groups is 3. The largest absolute Gasteiger partial charge is 0.378 e. The van der Waals surface area contributed by atoms with Crippen LogP contribution in [0.1, 0.15) is 20.8 Å². The zero-order chi connectivity index (χ0) is 20.9. The lowest BCUT2D eigenvalue weighted by Gasteiger charge is -2.23. The van der Waals surface area contributed by atoms with E-state index < -0.39 is 17.2 Å². The number of hydrogen-bond donors (Lipinski definition) is 3. The zero-order valence-corrected chi connectivity index (χ0v) is 16.8. The van der Waals surface area contributed by atoms with Gasteiger partial charge < -0.3 is 20.9 Å². The molecule has 0 aliphatic heterocycles. The van der Waals surface area contributed by atoms with Crippen LogP contribution in [0, 0.1) is 5.41 Å². The van der Waals surface area contributed by atoms with Crippen molar-refractivity contribution < 1.29 is 14.4 Å². The number of nitrogens with zero attached hydrogens (tertiary/aromatic N) is 1. The van der Waals surface area contributed by atoms with E-state index >= 15 is 0 Å². The van der Waals surface area contributed by atoms with Crippen LogP contribution in [0.25, 0.3) is 0 Å². The second-order valence-corrected chi connectivity index (χ2v) is 7.23. The van der Waals surface area contributed by atoms with Crippen molar-refractivity contribution >= 4 is 40.5 Å². The molecule has 0 aliphatic rings. The highest BCUT2D eigenvalue weighted by Crippen LogP contribution is 2.23. The normalized spacial score (nSPS) is 10.8. The van der Waals surface area contributed by atoms with E-state index in [1.807, 2.05) is 31.1 Å². The van der Waals surface area contributed by atoms with Crippen molar-refractivity contribution in [2.75, 3.05) is 34.9 Å². The molecule has 0 bridgehead atoms. The second kappa shape index (κ2) is 8.56. The number of amides is 3. The lowest BCUT2D eigenvalue weighted by molar-refractivity contribution is -0.135. The fraction of sp³-hybridized carbons (Fsp3) is 0.286. The molecule has 0 aliphatic carbocycles. The fourth-order valence-electron chi connectivity index (χ4n) is 2.36. The molecule has 0 atom stereocenters. The highest BCUT2D eigenvalue weighted by Gasteiger charge is 2.36. The summed E-state index contributed by atoms with van der Waals surface area (Å²) in [4.78, 5) is 38.3. The molecule has 2 aromatic rings. The Balaban J connectivity index is 2.02. The first kappa shape index (κ1) is 21.0. The molecule has 0 radical (unpaired) electrons. The highest BCUT2D eigenvalue weighted by molar-refractivity contribution is 6.14. The first-order valence-corrected chi connectivity index (χ1v) is 8.87. The minimum Gasteiger partial charge on any atom is -0.378 e. The number of anilines is 4. The zero-order valence-electron chi connectivity index (χ0n) is 16.8. The SMILES string of the molecule is CC(=O)Nc1ccc(NC(=O)C(C)(C)C(=O)Nc2ccc(N(C)C)cc2)cc1. The Bertz CT molecular complexity index is 856. The number of nitrogens with one attached hydrogen (secondary N) is 3. The molecule has 148 valence electrons. The van der Waals surface area contributed by atoms with E-state index in [1.54, 1.807) is 50.2 Å². The quantitative estimate of drug-likeness (QED) is 0.669. The van der Waals surface area contributed by atoms with Crippen LogP contribution in [0.15, 0.2) is 48.5 Å². The van der Waals surface area contributed by atoms with Gasteiger partial charge in [-0.2, -0.15) is 0 Å². The van der Waals surface area contributed by atoms with Crippen LogP contribution in [0.2, 0.25) is 0 Å². The molecule has 0 spiro atoms. The maximum atomic E-state index is 12.6. The Morgan fingerprint density at radius 1 is 0.714 bits per heavy atom. The van der Waals surface area contributed by atoms with Crippen molar-refractivity contribution in [3.8, 4) is 0 Å². The summed E-state index contributed by atoms with van der Waals surface area (Å²) in [6, 6.07) is 14.0. The predicted molar refractivity (Wildman–Crippen MR) is 113 cm³/mol. The van der Waals surface area contributed by atoms with E-state index in [2.05, 4.69) is 16.0 Å². The molecule has 0 aromatic heterocycles. The number of rotatable bonds is 6. The van der Waals surface area contributed by atoms with Crippen LogP contribution in [0.4, 0.5) is 22.7 Å². The molecular weight excluding hydrogens is 356 g/mol. The molecule has 3 N–H and O–H groups in total. The Hall–Kier alpha value is -3.35. The number of hydrogen-bond acceptors (Lipinski definition) is 4. The first-order chi connectivity index (χ1) is 13.1. The van der Waals surface area contributed by atoms with E-state index in [9.17, 15) is 14.4 Å². The van der Waals surface area contributed by atoms with E-state index in [0.29, 0.717) is 17.1 Å². The topological polar surface area (TPSA) is 90.5 Å². The molecular formula is C21H26N4O3. The van der Waals surface area contributed by atoms with E-state index in [1.165, 1.54) is 6.92 Å². The lowest BCUT2D eigenvalue weighted by Crippen LogP contribution is -2.41. The first-order valence-electron chi connectivity index (χ1n) is 8.87. The number of carbonyl (C=O) groups excluding carboxylic acids is 3. The monoisotopic (exact) mass is 382 g/mol. The minimum atomic E-state index is -1.28. The summed E-state index contributed by atoms with van der Waals surface area (Å²) < 4.78 is 0. The molecule has 28 heavy (non-hydrogen) atoms. The third-order valence-electron chi connectivity index (χ3n) is 4.24. The molecule has 0 heterocycles. The van der Waals surface area contributed by atoms with Gasteiger partial charge in [0.25, 0.3) is 0 Å². The molecule has 0 fully saturated rings. The summed E-state index contributed by atoms with van der Waals surface area (Å²) in [5, 5.41) is 8.17. The summed E-state index contributed by atoms with van der Waals surface area (Å²) in [5.41, 5.74) is 1.52. The van der Waals surface area contributed by atoms with Gasteiger partial charge >= 0.3 is 0 Å². The average Bonchev–Trinajstić information content (AvgIpc) is 2.63. The maximum absolute atomic E-state index is 12.6. The van der Waals surface area contributed by atoms with Gasteiger partial charge in [0.05, 0.1) is 0 Å². The van der Waals surface area contributed by atoms with Crippen LogP contribution in [-0.4, -0.2) is 31.8 Å². The molecule has 2 rings (SSSR count). The van der Waals surface area contributed by atoms with Gasteiger partial charge in [-0.25, -0.2) is 0 Å². The van der Waals surface area contributed by atoms with Crippen LogP contribution in [0.5, 0.6) is 0 Å². The van der Waals surface area contributed by atoms with Crippen LogP contribution < -0.4 is 20.9 Å². The third-order valence-corrected chi connectivity index (χ3v) is 4.24. The second-order valence-electron chi connectivity index (χ2n) is 7.23. The Morgan fingerprint density at radius 3 is 1.43 bits per heavy atom. The Kier molecular flexibility index (Phi) is 6.41. The van der Waals surface area contributed by atoms with Gasteiger partial charge in [-0.05, 0) is 62.4 Å². The third kappa shape index (κ3) is 5.33. The van der Waals surface area contributed by atoms with Crippen molar-refractivity contribution in [3.63, 3.8) is 0 Å². The summed E-state index contributed by atoms with van der Waals surface area (Å²) in [7, 11) is 3.87. The summed E-state index contributed by atoms with van der Waals surface area (Å²) in [5.74, 6) is -1.01. The number of benzene rings is 2. The molecule has 0 unspecified atom stereocenters. The Morgan fingerprint density at radius 2 is 1.07 bits per heavy atom. The van der Waals surface area contributed by atoms with Crippen LogP contribution in [0.3, 0.4) is 0 Å². The van der Waals surface area contributed by atoms with Gasteiger partial charge in [-0.15, -0.1) is 0 Å². The molecule has 3 amide bonds. The van der Waals surface area contributed by atoms with E-state index in [-0.39, 0.29) is 5.91 Å². The molecule has 2 aromatic carbocycles. The van der Waals surface area contributed by atoms with Gasteiger partial charge in [0.1, 0.15) is 5.41 Å². The van der Waals surface area contributed by atoms with Gasteiger partial charge in [0.2, 0.25) is 17.7 Å². The Labute approximate surface area is 165 Å². The van der Waals surface area contributed by atoms with Crippen LogP contribution in [-0.2, 0) is 14.4 Å². The molecule has 0 saturated heterocycles. The van der Waals surface area contributed by atoms with Crippen molar-refractivity contribution in [1.82, 2.24) is 0 Å². The smallest absolute Gasteiger partial charge is 0.239 e. The van der Waals surface area contributed by atoms with Crippen molar-refractivity contribution in [2.24, 2.45) is 5.41 Å². The maximum Gasteiger partial charge on any atom is 0.239 e. The van der Waals surface area contributed by atoms with Crippen LogP contribution >= 0.6 is 0 Å². The van der Waals surface area contributed by atoms with Gasteiger partial charge in [-0.1, -0.05) is 0 Å². The summed E-state index contributed by atoms with van der Waals surface area (Å²) >= 11 is 0. The predicted octanol–water partition coefficient (Wildman–Crippen LogP) is 3.31. The standard InChI is InChI=1S/C21H26N4O3/c1-14(26)22-15-6-8-16(9-7-15)23-19(27)21(2,3)20(28)24-17-10-12-18(13-11-17)25(4)5/h6-13H,1-5H3,(H,22,26)(H,23,27)(H,24,28).